The van der Waals surface area contributed by atoms with Crippen LogP contribution in [0.5, 0.6) is 5.75 Å². The van der Waals surface area contributed by atoms with E-state index in [0.29, 0.717) is 39.3 Å². The lowest BCUT2D eigenvalue weighted by Gasteiger charge is -2.04. The predicted octanol–water partition coefficient (Wildman–Crippen LogP) is 3.27. The summed E-state index contributed by atoms with van der Waals surface area (Å²) in [5, 5.41) is 13.3. The van der Waals surface area contributed by atoms with E-state index in [0.717, 1.165) is 0 Å². The van der Waals surface area contributed by atoms with Crippen molar-refractivity contribution in [2.75, 3.05) is 7.11 Å². The van der Waals surface area contributed by atoms with E-state index in [4.69, 9.17) is 26.1 Å². The molecule has 6 nitrogen and oxygen atoms in total. The predicted molar refractivity (Wildman–Crippen MR) is 75.8 cm³/mol. The molecule has 0 atom stereocenters. The zero-order valence-electron chi connectivity index (χ0n) is 10.9. The summed E-state index contributed by atoms with van der Waals surface area (Å²) in [4.78, 5) is 7.20. The lowest BCUT2D eigenvalue weighted by molar-refractivity contribution is 0.413. The van der Waals surface area contributed by atoms with Crippen LogP contribution in [0.4, 0.5) is 0 Å². The minimum atomic E-state index is 0.295. The first kappa shape index (κ1) is 13.2. The summed E-state index contributed by atoms with van der Waals surface area (Å²) in [6.07, 6.45) is 1.57. The molecule has 0 amide bonds. The van der Waals surface area contributed by atoms with Crippen LogP contribution in [0, 0.1) is 11.3 Å². The van der Waals surface area contributed by atoms with Crippen LogP contribution in [0.15, 0.2) is 35.0 Å². The molecule has 0 saturated heterocycles. The average Bonchev–Trinajstić information content (AvgIpc) is 3.15. The summed E-state index contributed by atoms with van der Waals surface area (Å²) in [7, 11) is 1.54. The van der Waals surface area contributed by atoms with Crippen molar-refractivity contribution in [2.24, 2.45) is 0 Å². The second kappa shape index (κ2) is 5.31. The van der Waals surface area contributed by atoms with Crippen molar-refractivity contribution in [2.45, 2.75) is 0 Å². The van der Waals surface area contributed by atoms with Gasteiger partial charge in [-0.15, -0.1) is 0 Å². The Labute approximate surface area is 124 Å². The number of nitrogens with zero attached hydrogens (tertiary/aromatic N) is 3. The molecular weight excluding hydrogens is 292 g/mol. The molecule has 21 heavy (non-hydrogen) atoms. The Morgan fingerprint density at radius 2 is 2.24 bits per heavy atom. The minimum absolute atomic E-state index is 0.295. The second-order valence-corrected chi connectivity index (χ2v) is 4.62. The van der Waals surface area contributed by atoms with Gasteiger partial charge in [-0.3, -0.25) is 0 Å². The third kappa shape index (κ3) is 2.47. The van der Waals surface area contributed by atoms with Gasteiger partial charge in [-0.25, -0.2) is 0 Å². The lowest BCUT2D eigenvalue weighted by Crippen LogP contribution is -1.89. The number of hydrogen-bond acceptors (Lipinski definition) is 5. The second-order valence-electron chi connectivity index (χ2n) is 4.18. The first-order chi connectivity index (χ1) is 10.2. The molecular formula is C14H9ClN4O2. The molecule has 0 bridgehead atoms. The SMILES string of the molecule is COc1cc(Cl)ccc1-c1noc(-c2cc(C#N)c[nH]2)n1. The van der Waals surface area contributed by atoms with Gasteiger partial charge in [0.15, 0.2) is 0 Å². The molecule has 0 aliphatic carbocycles. The van der Waals surface area contributed by atoms with Crippen molar-refractivity contribution >= 4 is 11.6 Å². The Bertz CT molecular complexity index is 832. The Kier molecular flexibility index (Phi) is 3.34. The monoisotopic (exact) mass is 300 g/mol. The van der Waals surface area contributed by atoms with Gasteiger partial charge < -0.3 is 14.2 Å². The van der Waals surface area contributed by atoms with Gasteiger partial charge in [0.05, 0.1) is 18.2 Å². The van der Waals surface area contributed by atoms with Crippen LogP contribution in [-0.4, -0.2) is 22.2 Å². The van der Waals surface area contributed by atoms with Gasteiger partial charge in [-0.2, -0.15) is 10.2 Å². The van der Waals surface area contributed by atoms with Crippen LogP contribution in [0.25, 0.3) is 23.0 Å². The molecule has 0 saturated carbocycles. The van der Waals surface area contributed by atoms with Gasteiger partial charge >= 0.3 is 0 Å². The third-order valence-corrected chi connectivity index (χ3v) is 3.11. The highest BCUT2D eigenvalue weighted by molar-refractivity contribution is 6.30. The largest absolute Gasteiger partial charge is 0.496 e. The van der Waals surface area contributed by atoms with Crippen LogP contribution < -0.4 is 4.74 Å². The highest BCUT2D eigenvalue weighted by Crippen LogP contribution is 2.31. The number of H-pyrrole nitrogens is 1. The van der Waals surface area contributed by atoms with E-state index in [-0.39, 0.29) is 0 Å². The molecule has 0 aliphatic rings. The van der Waals surface area contributed by atoms with Crippen LogP contribution in [0.2, 0.25) is 5.02 Å². The first-order valence-corrected chi connectivity index (χ1v) is 6.35. The first-order valence-electron chi connectivity index (χ1n) is 5.98. The molecule has 2 aromatic heterocycles. The van der Waals surface area contributed by atoms with Crippen molar-refractivity contribution in [3.05, 3.63) is 41.0 Å². The Morgan fingerprint density at radius 1 is 1.38 bits per heavy atom. The fourth-order valence-corrected chi connectivity index (χ4v) is 2.04. The van der Waals surface area contributed by atoms with Crippen LogP contribution in [0.1, 0.15) is 5.56 Å². The maximum atomic E-state index is 8.81. The molecule has 1 aromatic carbocycles. The van der Waals surface area contributed by atoms with Gasteiger partial charge in [0, 0.05) is 11.2 Å². The van der Waals surface area contributed by atoms with E-state index in [1.807, 2.05) is 6.07 Å². The van der Waals surface area contributed by atoms with E-state index in [9.17, 15) is 0 Å². The molecule has 104 valence electrons. The molecule has 7 heteroatoms. The number of rotatable bonds is 3. The lowest BCUT2D eigenvalue weighted by atomic mass is 10.2. The maximum Gasteiger partial charge on any atom is 0.274 e. The number of halogens is 1. The van der Waals surface area contributed by atoms with Crippen molar-refractivity contribution in [3.8, 4) is 34.8 Å². The Morgan fingerprint density at radius 3 is 2.95 bits per heavy atom. The van der Waals surface area contributed by atoms with Crippen LogP contribution >= 0.6 is 11.6 Å². The van der Waals surface area contributed by atoms with Crippen LogP contribution in [0.3, 0.4) is 0 Å². The highest BCUT2D eigenvalue weighted by Gasteiger charge is 2.15. The molecule has 0 unspecified atom stereocenters. The Balaban J connectivity index is 2.00. The summed E-state index contributed by atoms with van der Waals surface area (Å²) in [6.45, 7) is 0. The van der Waals surface area contributed by atoms with Gasteiger partial charge in [-0.1, -0.05) is 16.8 Å². The fraction of sp³-hybridized carbons (Fsp3) is 0.0714. The topological polar surface area (TPSA) is 87.7 Å². The van der Waals surface area contributed by atoms with E-state index < -0.39 is 0 Å². The number of methoxy groups -OCH3 is 1. The normalized spacial score (nSPS) is 10.3. The number of ether oxygens (including phenoxy) is 1. The molecule has 2 heterocycles. The third-order valence-electron chi connectivity index (χ3n) is 2.87. The summed E-state index contributed by atoms with van der Waals surface area (Å²) >= 11 is 5.92. The quantitative estimate of drug-likeness (QED) is 0.802. The van der Waals surface area contributed by atoms with Gasteiger partial charge in [0.2, 0.25) is 5.82 Å². The fourth-order valence-electron chi connectivity index (χ4n) is 1.87. The summed E-state index contributed by atoms with van der Waals surface area (Å²) in [6, 6.07) is 8.81. The molecule has 0 fully saturated rings. The zero-order valence-corrected chi connectivity index (χ0v) is 11.7. The number of hydrogen-bond donors (Lipinski definition) is 1. The smallest absolute Gasteiger partial charge is 0.274 e. The van der Waals surface area contributed by atoms with Crippen molar-refractivity contribution < 1.29 is 9.26 Å². The van der Waals surface area contributed by atoms with Crippen molar-refractivity contribution in [1.82, 2.24) is 15.1 Å². The summed E-state index contributed by atoms with van der Waals surface area (Å²) in [5.41, 5.74) is 1.75. The van der Waals surface area contributed by atoms with E-state index in [2.05, 4.69) is 15.1 Å². The van der Waals surface area contributed by atoms with Gasteiger partial charge in [0.25, 0.3) is 5.89 Å². The Hall–Kier alpha value is -2.78. The number of nitrogens with one attached hydrogen (secondary N) is 1. The summed E-state index contributed by atoms with van der Waals surface area (Å²) < 4.78 is 10.5. The minimum Gasteiger partial charge on any atom is -0.496 e. The molecule has 3 rings (SSSR count). The number of aromatic amines is 1. The van der Waals surface area contributed by atoms with E-state index in [1.54, 1.807) is 37.6 Å². The summed E-state index contributed by atoms with van der Waals surface area (Å²) in [5.74, 6) is 1.23. The van der Waals surface area contributed by atoms with Crippen LogP contribution in [-0.2, 0) is 0 Å². The number of nitriles is 1. The maximum absolute atomic E-state index is 8.81. The zero-order chi connectivity index (χ0) is 14.8. The standard InChI is InChI=1S/C14H9ClN4O2/c1-20-12-5-9(15)2-3-10(12)13-18-14(21-19-13)11-4-8(6-16)7-17-11/h2-5,7,17H,1H3. The average molecular weight is 301 g/mol. The van der Waals surface area contributed by atoms with Gasteiger partial charge in [-0.05, 0) is 24.3 Å². The molecule has 0 aliphatic heterocycles. The molecule has 0 spiro atoms. The highest BCUT2D eigenvalue weighted by atomic mass is 35.5. The number of benzene rings is 1. The molecule has 0 radical (unpaired) electrons. The van der Waals surface area contributed by atoms with E-state index in [1.165, 1.54) is 0 Å². The van der Waals surface area contributed by atoms with Crippen molar-refractivity contribution in [1.29, 1.82) is 5.26 Å². The molecule has 3 aromatic rings. The van der Waals surface area contributed by atoms with Gasteiger partial charge in [0.1, 0.15) is 17.5 Å². The number of aromatic nitrogens is 3. The molecule has 1 N–H and O–H groups in total. The van der Waals surface area contributed by atoms with E-state index >= 15 is 0 Å². The van der Waals surface area contributed by atoms with Crippen molar-refractivity contribution in [3.63, 3.8) is 0 Å².